The highest BCUT2D eigenvalue weighted by Gasteiger charge is 2.19. The summed E-state index contributed by atoms with van der Waals surface area (Å²) >= 11 is 0. The number of hydrazone groups is 1. The molecule has 1 N–H and O–H groups in total. The Morgan fingerprint density at radius 2 is 1.38 bits per heavy atom. The zero-order valence-electron chi connectivity index (χ0n) is 19.3. The van der Waals surface area contributed by atoms with Gasteiger partial charge in [-0.2, -0.15) is 5.10 Å². The third kappa shape index (κ3) is 4.76. The molecule has 0 radical (unpaired) electrons. The van der Waals surface area contributed by atoms with E-state index in [1.54, 1.807) is 18.2 Å². The van der Waals surface area contributed by atoms with Gasteiger partial charge < -0.3 is 4.74 Å². The van der Waals surface area contributed by atoms with E-state index in [1.807, 2.05) is 60.7 Å². The molecule has 180 valence electrons. The molecule has 0 aliphatic rings. The summed E-state index contributed by atoms with van der Waals surface area (Å²) in [6.07, 6.45) is 1.36. The van der Waals surface area contributed by atoms with Crippen LogP contribution in [0.4, 0.5) is 5.69 Å². The van der Waals surface area contributed by atoms with E-state index in [9.17, 15) is 19.7 Å². The van der Waals surface area contributed by atoms with Gasteiger partial charge in [0, 0.05) is 11.6 Å². The third-order valence-electron chi connectivity index (χ3n) is 5.85. The molecule has 0 aliphatic heterocycles. The minimum atomic E-state index is -0.738. The maximum atomic E-state index is 13.2. The van der Waals surface area contributed by atoms with Gasteiger partial charge in [0.1, 0.15) is 11.3 Å². The normalized spacial score (nSPS) is 11.0. The summed E-state index contributed by atoms with van der Waals surface area (Å²) in [6, 6.07) is 29.5. The summed E-state index contributed by atoms with van der Waals surface area (Å²) in [5.41, 5.74) is 2.76. The van der Waals surface area contributed by atoms with Crippen molar-refractivity contribution in [2.75, 3.05) is 0 Å². The number of para-hydroxylation sites is 1. The van der Waals surface area contributed by atoms with E-state index in [0.29, 0.717) is 11.1 Å². The van der Waals surface area contributed by atoms with Gasteiger partial charge in [0.05, 0.1) is 16.7 Å². The van der Waals surface area contributed by atoms with Crippen molar-refractivity contribution in [3.05, 3.63) is 130 Å². The molecule has 37 heavy (non-hydrogen) atoms. The molecule has 8 heteroatoms. The van der Waals surface area contributed by atoms with E-state index in [1.165, 1.54) is 30.5 Å². The number of esters is 1. The first-order chi connectivity index (χ1) is 18.0. The van der Waals surface area contributed by atoms with Crippen LogP contribution in [-0.4, -0.2) is 23.0 Å². The van der Waals surface area contributed by atoms with Crippen LogP contribution in [0.25, 0.3) is 21.5 Å². The standard InChI is InChI=1S/C29H19N3O5/c33-28(24-13-5-6-15-26(24)32(35)36)31-30-18-25-22-12-4-2-9-20(22)16-17-27(25)37-29(34)23-14-7-10-19-8-1-3-11-21(19)23/h1-18H,(H,31,33)/b30-18-. The number of nitrogens with zero attached hydrogens (tertiary/aromatic N) is 2. The molecule has 5 rings (SSSR count). The number of nitrogens with one attached hydrogen (secondary N) is 1. The largest absolute Gasteiger partial charge is 0.422 e. The van der Waals surface area contributed by atoms with Gasteiger partial charge in [0.2, 0.25) is 0 Å². The third-order valence-corrected chi connectivity index (χ3v) is 5.85. The lowest BCUT2D eigenvalue weighted by Crippen LogP contribution is -2.19. The van der Waals surface area contributed by atoms with E-state index >= 15 is 0 Å². The molecule has 1 amide bonds. The van der Waals surface area contributed by atoms with Gasteiger partial charge in [0.25, 0.3) is 11.6 Å². The summed E-state index contributed by atoms with van der Waals surface area (Å²) in [5.74, 6) is -1.02. The molecule has 0 saturated heterocycles. The Balaban J connectivity index is 1.48. The van der Waals surface area contributed by atoms with Crippen molar-refractivity contribution in [1.82, 2.24) is 5.43 Å². The number of fused-ring (bicyclic) bond motifs is 2. The van der Waals surface area contributed by atoms with Gasteiger partial charge >= 0.3 is 5.97 Å². The molecule has 8 nitrogen and oxygen atoms in total. The Kier molecular flexibility index (Phi) is 6.37. The van der Waals surface area contributed by atoms with Crippen LogP contribution in [0.15, 0.2) is 108 Å². The summed E-state index contributed by atoms with van der Waals surface area (Å²) in [5, 5.41) is 18.6. The number of rotatable bonds is 6. The first kappa shape index (κ1) is 23.4. The van der Waals surface area contributed by atoms with Gasteiger partial charge in [-0.05, 0) is 39.7 Å². The second-order valence-electron chi connectivity index (χ2n) is 8.09. The molecule has 0 fully saturated rings. The SMILES string of the molecule is O=C(N/N=C\c1c(OC(=O)c2cccc3ccccc23)ccc2ccccc12)c1ccccc1[N+](=O)[O-]. The molecule has 0 saturated carbocycles. The number of benzene rings is 5. The fourth-order valence-corrected chi connectivity index (χ4v) is 4.10. The van der Waals surface area contributed by atoms with Gasteiger partial charge in [-0.25, -0.2) is 10.2 Å². The minimum absolute atomic E-state index is 0.120. The molecule has 0 heterocycles. The highest BCUT2D eigenvalue weighted by atomic mass is 16.6. The van der Waals surface area contributed by atoms with Crippen molar-refractivity contribution < 1.29 is 19.2 Å². The quantitative estimate of drug-likeness (QED) is 0.105. The van der Waals surface area contributed by atoms with Crippen molar-refractivity contribution >= 4 is 45.3 Å². The molecule has 0 aromatic heterocycles. The summed E-state index contributed by atoms with van der Waals surface area (Å²) in [6.45, 7) is 0. The lowest BCUT2D eigenvalue weighted by molar-refractivity contribution is -0.385. The van der Waals surface area contributed by atoms with Crippen molar-refractivity contribution in [2.24, 2.45) is 5.10 Å². The van der Waals surface area contributed by atoms with Crippen molar-refractivity contribution in [2.45, 2.75) is 0 Å². The topological polar surface area (TPSA) is 111 Å². The fourth-order valence-electron chi connectivity index (χ4n) is 4.10. The van der Waals surface area contributed by atoms with Crippen LogP contribution in [0, 0.1) is 10.1 Å². The summed E-state index contributed by atoms with van der Waals surface area (Å²) < 4.78 is 5.81. The minimum Gasteiger partial charge on any atom is -0.422 e. The lowest BCUT2D eigenvalue weighted by Gasteiger charge is -2.12. The molecular formula is C29H19N3O5. The van der Waals surface area contributed by atoms with Gasteiger partial charge in [-0.1, -0.05) is 78.9 Å². The predicted octanol–water partition coefficient (Wildman–Crippen LogP) is 5.88. The Morgan fingerprint density at radius 1 is 0.757 bits per heavy atom. The number of hydrogen-bond donors (Lipinski definition) is 1. The predicted molar refractivity (Wildman–Crippen MR) is 141 cm³/mol. The maximum absolute atomic E-state index is 13.2. The van der Waals surface area contributed by atoms with Crippen LogP contribution >= 0.6 is 0 Å². The Bertz CT molecular complexity index is 1710. The van der Waals surface area contributed by atoms with Crippen molar-refractivity contribution in [3.8, 4) is 5.75 Å². The Morgan fingerprint density at radius 3 is 2.16 bits per heavy atom. The summed E-state index contributed by atoms with van der Waals surface area (Å²) in [7, 11) is 0. The molecule has 0 bridgehead atoms. The van der Waals surface area contributed by atoms with E-state index in [2.05, 4.69) is 10.5 Å². The van der Waals surface area contributed by atoms with Crippen LogP contribution in [0.1, 0.15) is 26.3 Å². The monoisotopic (exact) mass is 489 g/mol. The number of ether oxygens (including phenoxy) is 1. The van der Waals surface area contributed by atoms with E-state index in [0.717, 1.165) is 21.5 Å². The zero-order valence-corrected chi connectivity index (χ0v) is 19.3. The first-order valence-corrected chi connectivity index (χ1v) is 11.3. The number of nitro benzene ring substituents is 1. The van der Waals surface area contributed by atoms with Gasteiger partial charge in [-0.3, -0.25) is 14.9 Å². The van der Waals surface area contributed by atoms with Crippen molar-refractivity contribution in [3.63, 3.8) is 0 Å². The van der Waals surface area contributed by atoms with Gasteiger partial charge in [0.15, 0.2) is 0 Å². The average molecular weight is 489 g/mol. The Hall–Kier alpha value is -5.37. The van der Waals surface area contributed by atoms with Crippen molar-refractivity contribution in [1.29, 1.82) is 0 Å². The van der Waals surface area contributed by atoms with E-state index in [-0.39, 0.29) is 17.0 Å². The van der Waals surface area contributed by atoms with Crippen LogP contribution in [0.5, 0.6) is 5.75 Å². The van der Waals surface area contributed by atoms with Gasteiger partial charge in [-0.15, -0.1) is 0 Å². The Labute approximate surface area is 211 Å². The van der Waals surface area contributed by atoms with Crippen LogP contribution < -0.4 is 10.2 Å². The van der Waals surface area contributed by atoms with Crippen LogP contribution in [-0.2, 0) is 0 Å². The molecule has 0 spiro atoms. The first-order valence-electron chi connectivity index (χ1n) is 11.3. The second-order valence-corrected chi connectivity index (χ2v) is 8.09. The number of amides is 1. The second kappa shape index (κ2) is 10.1. The average Bonchev–Trinajstić information content (AvgIpc) is 2.93. The highest BCUT2D eigenvalue weighted by Crippen LogP contribution is 2.28. The summed E-state index contributed by atoms with van der Waals surface area (Å²) in [4.78, 5) is 36.4. The number of hydrogen-bond acceptors (Lipinski definition) is 6. The number of carbonyl (C=O) groups excluding carboxylic acids is 2. The molecule has 0 atom stereocenters. The zero-order chi connectivity index (χ0) is 25.8. The van der Waals surface area contributed by atoms with Crippen LogP contribution in [0.3, 0.4) is 0 Å². The van der Waals surface area contributed by atoms with E-state index in [4.69, 9.17) is 4.74 Å². The smallest absolute Gasteiger partial charge is 0.344 e. The molecule has 5 aromatic rings. The van der Waals surface area contributed by atoms with E-state index < -0.39 is 16.8 Å². The molecule has 5 aromatic carbocycles. The van der Waals surface area contributed by atoms with Crippen LogP contribution in [0.2, 0.25) is 0 Å². The molecule has 0 unspecified atom stereocenters. The fraction of sp³-hybridized carbons (Fsp3) is 0. The molecule has 0 aliphatic carbocycles. The molecular weight excluding hydrogens is 470 g/mol. The number of carbonyl (C=O) groups is 2. The maximum Gasteiger partial charge on any atom is 0.344 e. The highest BCUT2D eigenvalue weighted by molar-refractivity contribution is 6.08. The number of nitro groups is 1. The lowest BCUT2D eigenvalue weighted by atomic mass is 10.0.